The third-order valence-corrected chi connectivity index (χ3v) is 12.2. The first-order valence-electron chi connectivity index (χ1n) is 18.3. The molecule has 0 amide bonds. The van der Waals surface area contributed by atoms with Gasteiger partial charge in [0.15, 0.2) is 17.5 Å². The van der Waals surface area contributed by atoms with Crippen molar-refractivity contribution in [1.82, 2.24) is 15.0 Å². The summed E-state index contributed by atoms with van der Waals surface area (Å²) in [7, 11) is 0. The second-order valence-electron chi connectivity index (χ2n) is 13.9. The molecular formula is C50H31N3S. The molecule has 4 heteroatoms. The molecule has 10 aromatic rings. The highest BCUT2D eigenvalue weighted by atomic mass is 32.1. The fourth-order valence-corrected chi connectivity index (χ4v) is 9.97. The van der Waals surface area contributed by atoms with Gasteiger partial charge in [0, 0.05) is 42.2 Å². The smallest absolute Gasteiger partial charge is 0.164 e. The molecule has 11 rings (SSSR count). The number of rotatable bonds is 5. The number of aromatic nitrogens is 3. The Labute approximate surface area is 316 Å². The SMILES string of the molecule is c1ccc(-c2nc(-c3ccccc3)nc(-c3cc4c(c5c3ccc3c6ccccc6sc35)-c3ccccc3C4(c3ccccc3)c3ccccc3)n2)cc1. The van der Waals surface area contributed by atoms with Gasteiger partial charge in [-0.3, -0.25) is 0 Å². The maximum atomic E-state index is 5.32. The molecule has 0 atom stereocenters. The second-order valence-corrected chi connectivity index (χ2v) is 14.9. The maximum Gasteiger partial charge on any atom is 0.164 e. The third-order valence-electron chi connectivity index (χ3n) is 11.0. The van der Waals surface area contributed by atoms with Crippen LogP contribution in [-0.2, 0) is 5.41 Å². The summed E-state index contributed by atoms with van der Waals surface area (Å²) in [5.41, 5.74) is 9.79. The summed E-state index contributed by atoms with van der Waals surface area (Å²) < 4.78 is 2.56. The molecule has 54 heavy (non-hydrogen) atoms. The molecule has 0 spiro atoms. The van der Waals surface area contributed by atoms with E-state index in [1.54, 1.807) is 0 Å². The Balaban J connectivity index is 1.34. The number of hydrogen-bond acceptors (Lipinski definition) is 4. The Kier molecular flexibility index (Phi) is 6.94. The van der Waals surface area contributed by atoms with Crippen molar-refractivity contribution < 1.29 is 0 Å². The average Bonchev–Trinajstić information content (AvgIpc) is 3.78. The van der Waals surface area contributed by atoms with Gasteiger partial charge in [-0.2, -0.15) is 0 Å². The molecule has 1 aliphatic carbocycles. The van der Waals surface area contributed by atoms with E-state index < -0.39 is 5.41 Å². The van der Waals surface area contributed by atoms with Crippen LogP contribution in [0.1, 0.15) is 22.3 Å². The fourth-order valence-electron chi connectivity index (χ4n) is 8.72. The third kappa shape index (κ3) is 4.50. The van der Waals surface area contributed by atoms with E-state index in [9.17, 15) is 0 Å². The molecule has 8 aromatic carbocycles. The Bertz CT molecular complexity index is 2930. The maximum absolute atomic E-state index is 5.32. The molecule has 0 unspecified atom stereocenters. The van der Waals surface area contributed by atoms with Gasteiger partial charge in [-0.05, 0) is 50.9 Å². The molecule has 3 nitrogen and oxygen atoms in total. The molecule has 2 aromatic heterocycles. The van der Waals surface area contributed by atoms with E-state index in [0.717, 1.165) is 22.1 Å². The van der Waals surface area contributed by atoms with Crippen LogP contribution in [0.25, 0.3) is 76.2 Å². The summed E-state index contributed by atoms with van der Waals surface area (Å²) in [6.07, 6.45) is 0. The normalized spacial score (nSPS) is 13.0. The van der Waals surface area contributed by atoms with Crippen LogP contribution in [0.5, 0.6) is 0 Å². The van der Waals surface area contributed by atoms with Gasteiger partial charge in [0.2, 0.25) is 0 Å². The molecular weight excluding hydrogens is 675 g/mol. The topological polar surface area (TPSA) is 38.7 Å². The van der Waals surface area contributed by atoms with Gasteiger partial charge in [-0.25, -0.2) is 15.0 Å². The van der Waals surface area contributed by atoms with Crippen LogP contribution in [0, 0.1) is 0 Å². The number of thiophene rings is 1. The van der Waals surface area contributed by atoms with Crippen LogP contribution in [0.3, 0.4) is 0 Å². The van der Waals surface area contributed by atoms with Crippen molar-refractivity contribution in [2.24, 2.45) is 0 Å². The highest BCUT2D eigenvalue weighted by molar-refractivity contribution is 7.26. The van der Waals surface area contributed by atoms with E-state index in [0.29, 0.717) is 17.5 Å². The summed E-state index contributed by atoms with van der Waals surface area (Å²) >= 11 is 1.87. The van der Waals surface area contributed by atoms with Crippen molar-refractivity contribution in [3.63, 3.8) is 0 Å². The van der Waals surface area contributed by atoms with E-state index in [4.69, 9.17) is 15.0 Å². The molecule has 0 saturated heterocycles. The summed E-state index contributed by atoms with van der Waals surface area (Å²) in [6, 6.07) is 67.3. The van der Waals surface area contributed by atoms with Crippen LogP contribution in [0.4, 0.5) is 0 Å². The average molecular weight is 706 g/mol. The van der Waals surface area contributed by atoms with Gasteiger partial charge in [-0.1, -0.05) is 176 Å². The lowest BCUT2D eigenvalue weighted by atomic mass is 9.67. The zero-order valence-corrected chi connectivity index (χ0v) is 30.0. The van der Waals surface area contributed by atoms with Gasteiger partial charge < -0.3 is 0 Å². The van der Waals surface area contributed by atoms with Gasteiger partial charge >= 0.3 is 0 Å². The predicted octanol–water partition coefficient (Wildman–Crippen LogP) is 12.8. The minimum absolute atomic E-state index is 0.589. The predicted molar refractivity (Wildman–Crippen MR) is 224 cm³/mol. The molecule has 0 bridgehead atoms. The first-order chi connectivity index (χ1) is 26.8. The number of hydrogen-bond donors (Lipinski definition) is 0. The van der Waals surface area contributed by atoms with Crippen LogP contribution < -0.4 is 0 Å². The highest BCUT2D eigenvalue weighted by Gasteiger charge is 2.47. The van der Waals surface area contributed by atoms with Crippen molar-refractivity contribution >= 4 is 42.3 Å². The van der Waals surface area contributed by atoms with Gasteiger partial charge in [0.05, 0.1) is 5.41 Å². The Hall–Kier alpha value is -6.75. The van der Waals surface area contributed by atoms with Crippen molar-refractivity contribution in [2.45, 2.75) is 5.41 Å². The van der Waals surface area contributed by atoms with Crippen LogP contribution in [0.2, 0.25) is 0 Å². The van der Waals surface area contributed by atoms with Crippen LogP contribution >= 0.6 is 11.3 Å². The van der Waals surface area contributed by atoms with Crippen molar-refractivity contribution in [3.8, 4) is 45.3 Å². The van der Waals surface area contributed by atoms with Crippen LogP contribution in [-0.4, -0.2) is 15.0 Å². The standard InChI is InChI=1S/C50H31N3S/c1-5-17-32(18-6-1)47-51-48(33-19-7-2-8-20-33)53-49(52-47)40-31-42-44(45-37(40)29-30-38-36-25-14-16-28-43(36)54-46(38)45)39-26-13-15-27-41(39)50(42,34-21-9-3-10-22-34)35-23-11-4-12-24-35/h1-31H. The Morgan fingerprint density at radius 1 is 0.389 bits per heavy atom. The molecule has 0 aliphatic heterocycles. The molecule has 0 saturated carbocycles. The zero-order valence-electron chi connectivity index (χ0n) is 29.1. The quantitative estimate of drug-likeness (QED) is 0.179. The molecule has 0 radical (unpaired) electrons. The summed E-state index contributed by atoms with van der Waals surface area (Å²) in [4.78, 5) is 15.7. The second kappa shape index (κ2) is 12.2. The molecule has 0 fully saturated rings. The van der Waals surface area contributed by atoms with Gasteiger partial charge in [0.25, 0.3) is 0 Å². The molecule has 0 N–H and O–H groups in total. The zero-order chi connectivity index (χ0) is 35.6. The first-order valence-corrected chi connectivity index (χ1v) is 19.1. The lowest BCUT2D eigenvalue weighted by molar-refractivity contribution is 0.769. The van der Waals surface area contributed by atoms with E-state index in [2.05, 4.69) is 152 Å². The monoisotopic (exact) mass is 705 g/mol. The minimum atomic E-state index is -0.589. The van der Waals surface area contributed by atoms with E-state index in [1.165, 1.54) is 58.9 Å². The largest absolute Gasteiger partial charge is 0.208 e. The summed E-state index contributed by atoms with van der Waals surface area (Å²) in [5.74, 6) is 1.95. The molecule has 1 aliphatic rings. The van der Waals surface area contributed by atoms with E-state index in [1.807, 2.05) is 47.7 Å². The number of nitrogens with zero attached hydrogens (tertiary/aromatic N) is 3. The molecule has 252 valence electrons. The lowest BCUT2D eigenvalue weighted by Gasteiger charge is -2.34. The number of fused-ring (bicyclic) bond motifs is 9. The lowest BCUT2D eigenvalue weighted by Crippen LogP contribution is -2.28. The van der Waals surface area contributed by atoms with E-state index >= 15 is 0 Å². The molecule has 2 heterocycles. The highest BCUT2D eigenvalue weighted by Crippen LogP contribution is 2.60. The van der Waals surface area contributed by atoms with Crippen molar-refractivity contribution in [1.29, 1.82) is 0 Å². The Morgan fingerprint density at radius 3 is 1.56 bits per heavy atom. The van der Waals surface area contributed by atoms with E-state index in [-0.39, 0.29) is 0 Å². The number of benzene rings is 8. The van der Waals surface area contributed by atoms with Gasteiger partial charge in [0.1, 0.15) is 0 Å². The van der Waals surface area contributed by atoms with Crippen molar-refractivity contribution in [2.75, 3.05) is 0 Å². The first kappa shape index (κ1) is 30.8. The summed E-state index contributed by atoms with van der Waals surface area (Å²) in [6.45, 7) is 0. The Morgan fingerprint density at radius 2 is 0.907 bits per heavy atom. The van der Waals surface area contributed by atoms with Crippen molar-refractivity contribution in [3.05, 3.63) is 210 Å². The van der Waals surface area contributed by atoms with Gasteiger partial charge in [-0.15, -0.1) is 11.3 Å². The van der Waals surface area contributed by atoms with Crippen LogP contribution in [0.15, 0.2) is 188 Å². The minimum Gasteiger partial charge on any atom is -0.208 e. The fraction of sp³-hybridized carbons (Fsp3) is 0.0200. The summed E-state index contributed by atoms with van der Waals surface area (Å²) in [5, 5.41) is 4.91.